The zero-order valence-corrected chi connectivity index (χ0v) is 4.55. The van der Waals surface area contributed by atoms with Crippen molar-refractivity contribution >= 4 is 0 Å². The summed E-state index contributed by atoms with van der Waals surface area (Å²) >= 11 is 0. The monoisotopic (exact) mass is 119 g/mol. The lowest BCUT2D eigenvalue weighted by Gasteiger charge is -2.11. The van der Waals surface area contributed by atoms with E-state index in [1.807, 2.05) is 0 Å². The molecule has 0 aliphatic carbocycles. The first-order valence-corrected chi connectivity index (χ1v) is 2.44. The van der Waals surface area contributed by atoms with Crippen molar-refractivity contribution in [3.63, 3.8) is 0 Å². The molecule has 0 spiro atoms. The normalized spacial score (nSPS) is 24.0. The zero-order valence-electron chi connectivity index (χ0n) is 4.55. The van der Waals surface area contributed by atoms with Crippen LogP contribution in [0.2, 0.25) is 0 Å². The molecule has 4 heteroatoms. The maximum Gasteiger partial charge on any atom is 0.151 e. The lowest BCUT2D eigenvalue weighted by atomic mass is 11.0. The molecule has 1 saturated heterocycles. The fourth-order valence-corrected chi connectivity index (χ4v) is 0.421. The van der Waals surface area contributed by atoms with Crippen molar-refractivity contribution in [2.75, 3.05) is 27.0 Å². The van der Waals surface area contributed by atoms with Gasteiger partial charge in [-0.1, -0.05) is 0 Å². The molecule has 0 saturated carbocycles. The summed E-state index contributed by atoms with van der Waals surface area (Å²) in [7, 11) is 0. The highest BCUT2D eigenvalue weighted by atomic mass is 16.7. The maximum atomic E-state index is 4.86. The molecule has 1 N–H and O–H groups in total. The van der Waals surface area contributed by atoms with Crippen LogP contribution >= 0.6 is 0 Å². The van der Waals surface area contributed by atoms with Crippen LogP contribution in [0.25, 0.3) is 0 Å². The largest absolute Gasteiger partial charge is 0.340 e. The second-order valence-corrected chi connectivity index (χ2v) is 1.39. The van der Waals surface area contributed by atoms with Crippen molar-refractivity contribution in [3.8, 4) is 0 Å². The van der Waals surface area contributed by atoms with E-state index in [0.29, 0.717) is 27.0 Å². The minimum Gasteiger partial charge on any atom is -0.340 e. The van der Waals surface area contributed by atoms with Gasteiger partial charge in [0, 0.05) is 0 Å². The van der Waals surface area contributed by atoms with Gasteiger partial charge in [-0.3, -0.25) is 5.32 Å². The summed E-state index contributed by atoms with van der Waals surface area (Å²) in [6.07, 6.45) is 0. The highest BCUT2D eigenvalue weighted by Crippen LogP contribution is 1.81. The van der Waals surface area contributed by atoms with Crippen LogP contribution in [0, 0.1) is 0 Å². The van der Waals surface area contributed by atoms with Crippen LogP contribution in [-0.4, -0.2) is 27.0 Å². The van der Waals surface area contributed by atoms with Gasteiger partial charge in [-0.05, 0) is 0 Å². The number of ether oxygens (including phenoxy) is 3. The van der Waals surface area contributed by atoms with Gasteiger partial charge in [0.15, 0.2) is 13.6 Å². The van der Waals surface area contributed by atoms with Crippen LogP contribution in [0.1, 0.15) is 0 Å². The molecule has 1 aliphatic rings. The third kappa shape index (κ3) is 2.23. The average Bonchev–Trinajstić information content (AvgIpc) is 1.62. The Hall–Kier alpha value is -0.160. The zero-order chi connectivity index (χ0) is 5.66. The Morgan fingerprint density at radius 2 is 1.50 bits per heavy atom. The summed E-state index contributed by atoms with van der Waals surface area (Å²) in [6.45, 7) is 1.62. The molecule has 0 bridgehead atoms. The molecule has 0 amide bonds. The predicted octanol–water partition coefficient (Wildman–Crippen LogP) is -0.531. The molecular formula is C4H9NO3. The third-order valence-corrected chi connectivity index (χ3v) is 0.742. The smallest absolute Gasteiger partial charge is 0.151 e. The molecule has 8 heavy (non-hydrogen) atoms. The quantitative estimate of drug-likeness (QED) is 0.465. The van der Waals surface area contributed by atoms with Crippen molar-refractivity contribution < 1.29 is 14.2 Å². The Balaban J connectivity index is 2.00. The van der Waals surface area contributed by atoms with Crippen LogP contribution < -0.4 is 5.32 Å². The van der Waals surface area contributed by atoms with Crippen LogP contribution in [-0.2, 0) is 14.2 Å². The molecule has 1 rings (SSSR count). The van der Waals surface area contributed by atoms with E-state index in [-0.39, 0.29) is 0 Å². The van der Waals surface area contributed by atoms with Gasteiger partial charge in [0.1, 0.15) is 13.5 Å². The van der Waals surface area contributed by atoms with Gasteiger partial charge in [-0.2, -0.15) is 0 Å². The van der Waals surface area contributed by atoms with E-state index in [9.17, 15) is 0 Å². The fourth-order valence-electron chi connectivity index (χ4n) is 0.421. The Labute approximate surface area is 47.7 Å². The summed E-state index contributed by atoms with van der Waals surface area (Å²) in [5.41, 5.74) is 0. The van der Waals surface area contributed by atoms with E-state index in [1.165, 1.54) is 0 Å². The predicted molar refractivity (Wildman–Crippen MR) is 25.9 cm³/mol. The van der Waals surface area contributed by atoms with E-state index < -0.39 is 0 Å². The Morgan fingerprint density at radius 1 is 0.875 bits per heavy atom. The van der Waals surface area contributed by atoms with E-state index in [1.54, 1.807) is 0 Å². The van der Waals surface area contributed by atoms with Gasteiger partial charge in [0.2, 0.25) is 0 Å². The van der Waals surface area contributed by atoms with Crippen molar-refractivity contribution in [1.82, 2.24) is 5.32 Å². The first-order valence-electron chi connectivity index (χ1n) is 2.44. The first-order chi connectivity index (χ1) is 4.00. The molecule has 1 fully saturated rings. The molecule has 1 heterocycles. The first kappa shape index (κ1) is 5.97. The van der Waals surface area contributed by atoms with Crippen LogP contribution in [0.5, 0.6) is 0 Å². The van der Waals surface area contributed by atoms with Crippen LogP contribution in [0.15, 0.2) is 0 Å². The van der Waals surface area contributed by atoms with Crippen molar-refractivity contribution in [1.29, 1.82) is 0 Å². The van der Waals surface area contributed by atoms with Gasteiger partial charge < -0.3 is 14.2 Å². The van der Waals surface area contributed by atoms with Gasteiger partial charge >= 0.3 is 0 Å². The van der Waals surface area contributed by atoms with Gasteiger partial charge in [-0.15, -0.1) is 0 Å². The van der Waals surface area contributed by atoms with Crippen molar-refractivity contribution in [2.45, 2.75) is 0 Å². The summed E-state index contributed by atoms with van der Waals surface area (Å²) in [4.78, 5) is 0. The minimum atomic E-state index is 0.312. The summed E-state index contributed by atoms with van der Waals surface area (Å²) in [5, 5.41) is 2.86. The van der Waals surface area contributed by atoms with Crippen molar-refractivity contribution in [3.05, 3.63) is 0 Å². The standard InChI is InChI=1S/C4H9NO3/c1-5-2-7-4-8-3-6-1/h5H,1-4H2. The highest BCUT2D eigenvalue weighted by Gasteiger charge is 1.92. The molecule has 4 nitrogen and oxygen atoms in total. The van der Waals surface area contributed by atoms with Crippen LogP contribution in [0.4, 0.5) is 0 Å². The Bertz CT molecular complexity index is 35.2. The molecule has 0 unspecified atom stereocenters. The molecule has 0 radical (unpaired) electrons. The van der Waals surface area contributed by atoms with E-state index in [2.05, 4.69) is 5.32 Å². The van der Waals surface area contributed by atoms with Gasteiger partial charge in [-0.25, -0.2) is 0 Å². The highest BCUT2D eigenvalue weighted by molar-refractivity contribution is 4.24. The Morgan fingerprint density at radius 3 is 2.12 bits per heavy atom. The summed E-state index contributed by atoms with van der Waals surface area (Å²) in [5.74, 6) is 0. The average molecular weight is 119 g/mol. The third-order valence-electron chi connectivity index (χ3n) is 0.742. The van der Waals surface area contributed by atoms with Gasteiger partial charge in [0.05, 0.1) is 0 Å². The summed E-state index contributed by atoms with van der Waals surface area (Å²) in [6, 6.07) is 0. The second-order valence-electron chi connectivity index (χ2n) is 1.39. The van der Waals surface area contributed by atoms with Crippen LogP contribution in [0.3, 0.4) is 0 Å². The molecule has 0 atom stereocenters. The SMILES string of the molecule is C1NCOCOCO1. The number of hydrogen-bond donors (Lipinski definition) is 1. The molecule has 48 valence electrons. The molecule has 0 aromatic heterocycles. The number of rotatable bonds is 0. The number of nitrogens with one attached hydrogen (secondary N) is 1. The lowest BCUT2D eigenvalue weighted by Crippen LogP contribution is -2.26. The molecule has 0 aromatic rings. The van der Waals surface area contributed by atoms with E-state index in [0.717, 1.165) is 0 Å². The molecule has 1 aliphatic heterocycles. The number of hydrogen-bond acceptors (Lipinski definition) is 4. The molecule has 0 aromatic carbocycles. The fraction of sp³-hybridized carbons (Fsp3) is 1.00. The van der Waals surface area contributed by atoms with E-state index >= 15 is 0 Å². The second kappa shape index (κ2) is 3.80. The maximum absolute atomic E-state index is 4.86. The molecular weight excluding hydrogens is 110 g/mol. The minimum absolute atomic E-state index is 0.312. The van der Waals surface area contributed by atoms with Gasteiger partial charge in [0.25, 0.3) is 0 Å². The van der Waals surface area contributed by atoms with E-state index in [4.69, 9.17) is 14.2 Å². The summed E-state index contributed by atoms with van der Waals surface area (Å²) < 4.78 is 14.5. The Kier molecular flexibility index (Phi) is 2.83. The lowest BCUT2D eigenvalue weighted by molar-refractivity contribution is -0.162. The van der Waals surface area contributed by atoms with Crippen molar-refractivity contribution in [2.24, 2.45) is 0 Å². The topological polar surface area (TPSA) is 39.7 Å².